The minimum atomic E-state index is -4.60. The quantitative estimate of drug-likeness (QED) is 0.180. The van der Waals surface area contributed by atoms with Crippen molar-refractivity contribution in [2.24, 2.45) is 10.9 Å². The first-order chi connectivity index (χ1) is 16.1. The first-order valence-electron chi connectivity index (χ1n) is 10.0. The number of nitrogens with zero attached hydrogens (tertiary/aromatic N) is 4. The van der Waals surface area contributed by atoms with Gasteiger partial charge in [0.05, 0.1) is 22.6 Å². The van der Waals surface area contributed by atoms with E-state index in [1.165, 1.54) is 18.3 Å². The average molecular weight is 505 g/mol. The summed E-state index contributed by atoms with van der Waals surface area (Å²) in [6, 6.07) is 5.03. The predicted octanol–water partition coefficient (Wildman–Crippen LogP) is -1.37. The molecule has 34 heavy (non-hydrogen) atoms. The number of aromatic amines is 2. The van der Waals surface area contributed by atoms with Crippen molar-refractivity contribution in [3.63, 3.8) is 0 Å². The molecule has 0 bridgehead atoms. The zero-order chi connectivity index (χ0) is 24.1. The summed E-state index contributed by atoms with van der Waals surface area (Å²) in [5.41, 5.74) is 8.00. The van der Waals surface area contributed by atoms with Gasteiger partial charge in [-0.2, -0.15) is 5.21 Å². The van der Waals surface area contributed by atoms with Crippen LogP contribution in [0.4, 0.5) is 0 Å². The van der Waals surface area contributed by atoms with Gasteiger partial charge < -0.3 is 16.0 Å². The number of hydrogen-bond acceptors (Lipinski definition) is 10. The summed E-state index contributed by atoms with van der Waals surface area (Å²) < 4.78 is 54.7. The molecular weight excluding hydrogens is 484 g/mol. The van der Waals surface area contributed by atoms with E-state index in [0.717, 1.165) is 0 Å². The van der Waals surface area contributed by atoms with E-state index in [1.807, 2.05) is 0 Å². The largest absolute Gasteiger partial charge is 0.360 e. The van der Waals surface area contributed by atoms with E-state index in [1.54, 1.807) is 18.3 Å². The SMILES string of the molecule is N[C@H]1CNC[C@H]1NS(=O)(=O)c1ccc(-c2cnc3cc[nH]c3c2)c(-c2nn[nH]n2)c1S(N)(=O)=O. The molecule has 14 nitrogen and oxygen atoms in total. The topological polar surface area (TPSA) is 228 Å². The van der Waals surface area contributed by atoms with Crippen LogP contribution in [-0.4, -0.2) is 72.6 Å². The number of hydrogen-bond donors (Lipinski definition) is 6. The number of tetrazole rings is 1. The number of nitrogens with one attached hydrogen (secondary N) is 4. The van der Waals surface area contributed by atoms with Crippen molar-refractivity contribution in [3.05, 3.63) is 36.7 Å². The Morgan fingerprint density at radius 1 is 1.12 bits per heavy atom. The molecule has 1 aliphatic heterocycles. The predicted molar refractivity (Wildman–Crippen MR) is 121 cm³/mol. The van der Waals surface area contributed by atoms with E-state index in [4.69, 9.17) is 10.9 Å². The first kappa shape index (κ1) is 22.5. The molecule has 0 unspecified atom stereocenters. The lowest BCUT2D eigenvalue weighted by molar-refractivity contribution is 0.536. The second kappa shape index (κ2) is 8.19. The third-order valence-electron chi connectivity index (χ3n) is 5.54. The molecule has 0 saturated carbocycles. The van der Waals surface area contributed by atoms with Crippen LogP contribution < -0.4 is 20.9 Å². The highest BCUT2D eigenvalue weighted by Gasteiger charge is 2.35. The summed E-state index contributed by atoms with van der Waals surface area (Å²) in [6.07, 6.45) is 3.24. The molecule has 0 aliphatic carbocycles. The fraction of sp³-hybridized carbons (Fsp3) is 0.222. The van der Waals surface area contributed by atoms with Gasteiger partial charge in [-0.05, 0) is 29.0 Å². The van der Waals surface area contributed by atoms with E-state index in [2.05, 4.69) is 40.6 Å². The van der Waals surface area contributed by atoms with Crippen molar-refractivity contribution in [1.29, 1.82) is 0 Å². The Labute approximate surface area is 193 Å². The molecular formula is C18H20N10O4S2. The molecule has 0 amide bonds. The number of fused-ring (bicyclic) bond motifs is 1. The minimum absolute atomic E-state index is 0.124. The molecule has 0 spiro atoms. The zero-order valence-electron chi connectivity index (χ0n) is 17.4. The van der Waals surface area contributed by atoms with Crippen LogP contribution >= 0.6 is 0 Å². The Hall–Kier alpha value is -3.28. The molecule has 8 N–H and O–H groups in total. The fourth-order valence-corrected chi connectivity index (χ4v) is 6.85. The van der Waals surface area contributed by atoms with Crippen molar-refractivity contribution in [3.8, 4) is 22.5 Å². The van der Waals surface area contributed by atoms with Gasteiger partial charge in [0.25, 0.3) is 0 Å². The smallest absolute Gasteiger partial charge is 0.242 e. The summed E-state index contributed by atoms with van der Waals surface area (Å²) in [5, 5.41) is 22.1. The van der Waals surface area contributed by atoms with Gasteiger partial charge in [-0.25, -0.2) is 26.7 Å². The maximum atomic E-state index is 13.3. The molecule has 3 aromatic heterocycles. The van der Waals surface area contributed by atoms with Crippen LogP contribution in [-0.2, 0) is 20.0 Å². The first-order valence-corrected chi connectivity index (χ1v) is 13.0. The summed E-state index contributed by atoms with van der Waals surface area (Å²) in [5.74, 6) is -0.151. The third-order valence-corrected chi connectivity index (χ3v) is 8.20. The minimum Gasteiger partial charge on any atom is -0.360 e. The summed E-state index contributed by atoms with van der Waals surface area (Å²) in [6.45, 7) is 0.708. The van der Waals surface area contributed by atoms with Crippen molar-refractivity contribution in [1.82, 2.24) is 40.6 Å². The number of pyridine rings is 1. The number of primary sulfonamides is 1. The fourth-order valence-electron chi connectivity index (χ4n) is 3.96. The van der Waals surface area contributed by atoms with Crippen molar-refractivity contribution in [2.45, 2.75) is 21.9 Å². The van der Waals surface area contributed by atoms with Crippen LogP contribution in [0.25, 0.3) is 33.5 Å². The van der Waals surface area contributed by atoms with Gasteiger partial charge >= 0.3 is 0 Å². The lowest BCUT2D eigenvalue weighted by atomic mass is 10.00. The van der Waals surface area contributed by atoms with Gasteiger partial charge in [0, 0.05) is 37.1 Å². The molecule has 0 radical (unpaired) electrons. The Balaban J connectivity index is 1.77. The van der Waals surface area contributed by atoms with Crippen molar-refractivity contribution < 1.29 is 16.8 Å². The molecule has 16 heteroatoms. The van der Waals surface area contributed by atoms with E-state index < -0.39 is 41.9 Å². The average Bonchev–Trinajstić information content (AvgIpc) is 3.54. The second-order valence-electron chi connectivity index (χ2n) is 7.78. The van der Waals surface area contributed by atoms with Crippen LogP contribution in [0.3, 0.4) is 0 Å². The van der Waals surface area contributed by atoms with Crippen LogP contribution in [0.15, 0.2) is 46.5 Å². The molecule has 1 fully saturated rings. The number of sulfonamides is 2. The monoisotopic (exact) mass is 504 g/mol. The van der Waals surface area contributed by atoms with E-state index in [-0.39, 0.29) is 11.4 Å². The Morgan fingerprint density at radius 3 is 2.62 bits per heavy atom. The van der Waals surface area contributed by atoms with Gasteiger partial charge in [-0.15, -0.1) is 10.2 Å². The van der Waals surface area contributed by atoms with Gasteiger partial charge in [-0.3, -0.25) is 4.98 Å². The van der Waals surface area contributed by atoms with Gasteiger partial charge in [-0.1, -0.05) is 6.07 Å². The van der Waals surface area contributed by atoms with Crippen LogP contribution in [0.5, 0.6) is 0 Å². The number of aromatic nitrogens is 6. The van der Waals surface area contributed by atoms with E-state index in [0.29, 0.717) is 35.2 Å². The number of rotatable bonds is 6. The van der Waals surface area contributed by atoms with Crippen LogP contribution in [0.2, 0.25) is 0 Å². The molecule has 4 heterocycles. The highest BCUT2D eigenvalue weighted by atomic mass is 32.2. The van der Waals surface area contributed by atoms with Gasteiger partial charge in [0.15, 0.2) is 0 Å². The Bertz CT molecular complexity index is 1580. The Morgan fingerprint density at radius 2 is 1.94 bits per heavy atom. The van der Waals surface area contributed by atoms with Crippen LogP contribution in [0, 0.1) is 0 Å². The lowest BCUT2D eigenvalue weighted by Crippen LogP contribution is -2.46. The summed E-state index contributed by atoms with van der Waals surface area (Å²) in [7, 11) is -8.96. The molecule has 2 atom stereocenters. The lowest BCUT2D eigenvalue weighted by Gasteiger charge is -2.20. The van der Waals surface area contributed by atoms with Gasteiger partial charge in [0.2, 0.25) is 25.9 Å². The third kappa shape index (κ3) is 3.95. The maximum absolute atomic E-state index is 13.3. The van der Waals surface area contributed by atoms with E-state index in [9.17, 15) is 16.8 Å². The highest BCUT2D eigenvalue weighted by Crippen LogP contribution is 2.39. The molecule has 1 saturated heterocycles. The van der Waals surface area contributed by atoms with Crippen molar-refractivity contribution >= 4 is 31.1 Å². The zero-order valence-corrected chi connectivity index (χ0v) is 19.1. The Kier molecular flexibility index (Phi) is 5.42. The van der Waals surface area contributed by atoms with Crippen LogP contribution in [0.1, 0.15) is 0 Å². The molecule has 5 rings (SSSR count). The van der Waals surface area contributed by atoms with E-state index >= 15 is 0 Å². The normalized spacial score (nSPS) is 19.1. The number of benzene rings is 1. The molecule has 178 valence electrons. The molecule has 1 aliphatic rings. The summed E-state index contributed by atoms with van der Waals surface area (Å²) >= 11 is 0. The number of H-pyrrole nitrogens is 2. The molecule has 1 aromatic carbocycles. The molecule has 4 aromatic rings. The van der Waals surface area contributed by atoms with Gasteiger partial charge in [0.1, 0.15) is 9.79 Å². The van der Waals surface area contributed by atoms with Crippen molar-refractivity contribution in [2.75, 3.05) is 13.1 Å². The summed E-state index contributed by atoms with van der Waals surface area (Å²) in [4.78, 5) is 6.17. The number of nitrogens with two attached hydrogens (primary N) is 2. The standard InChI is InChI=1S/C18H20N10O4S2/c19-11-7-21-8-14(11)26-34(31,32)15-2-1-10(9-5-13-12(23-6-9)3-4-22-13)16(17(15)33(20,29)30)18-24-27-28-25-18/h1-6,11,14,21-22,26H,7-8,19H2,(H2,20,29,30)(H,24,25,27,28)/t11-,14+/m0/s1. The second-order valence-corrected chi connectivity index (χ2v) is 11.0. The maximum Gasteiger partial charge on any atom is 0.242 e. The highest BCUT2D eigenvalue weighted by molar-refractivity contribution is 7.92.